The molecule has 0 amide bonds. The first kappa shape index (κ1) is 13.7. The van der Waals surface area contributed by atoms with Gasteiger partial charge in [-0.05, 0) is 43.7 Å². The summed E-state index contributed by atoms with van der Waals surface area (Å²) < 4.78 is 0. The number of carbonyl (C=O) groups excluding carboxylic acids is 1. The van der Waals surface area contributed by atoms with Crippen molar-refractivity contribution >= 4 is 16.7 Å². The van der Waals surface area contributed by atoms with Crippen LogP contribution in [0.2, 0.25) is 0 Å². The molecule has 0 saturated heterocycles. The minimum atomic E-state index is 0.166. The smallest absolute Gasteiger partial charge is 0.163 e. The molecule has 1 heterocycles. The molecule has 0 spiro atoms. The van der Waals surface area contributed by atoms with Gasteiger partial charge in [-0.1, -0.05) is 19.4 Å². The molecular formula is C16H20N2O. The molecule has 1 aromatic heterocycles. The van der Waals surface area contributed by atoms with E-state index in [-0.39, 0.29) is 11.7 Å². The van der Waals surface area contributed by atoms with E-state index >= 15 is 0 Å². The fourth-order valence-corrected chi connectivity index (χ4v) is 2.18. The van der Waals surface area contributed by atoms with E-state index in [9.17, 15) is 4.79 Å². The van der Waals surface area contributed by atoms with Gasteiger partial charge in [0.05, 0.1) is 5.52 Å². The largest absolute Gasteiger partial charge is 0.330 e. The molecule has 0 aliphatic rings. The molecule has 2 aromatic rings. The van der Waals surface area contributed by atoms with Gasteiger partial charge < -0.3 is 5.73 Å². The Hall–Kier alpha value is -1.74. The van der Waals surface area contributed by atoms with Crippen molar-refractivity contribution in [3.8, 4) is 0 Å². The van der Waals surface area contributed by atoms with Crippen LogP contribution in [0.1, 0.15) is 35.8 Å². The second-order valence-electron chi connectivity index (χ2n) is 5.00. The summed E-state index contributed by atoms with van der Waals surface area (Å²) >= 11 is 0. The highest BCUT2D eigenvalue weighted by Gasteiger charge is 2.13. The lowest BCUT2D eigenvalue weighted by molar-refractivity contribution is 0.0961. The summed E-state index contributed by atoms with van der Waals surface area (Å²) in [5.74, 6) is 0.444. The van der Waals surface area contributed by atoms with E-state index < -0.39 is 0 Å². The van der Waals surface area contributed by atoms with Crippen LogP contribution >= 0.6 is 0 Å². The molecule has 0 fully saturated rings. The molecule has 1 aromatic carbocycles. The summed E-state index contributed by atoms with van der Waals surface area (Å²) in [6.45, 7) is 4.60. The normalized spacial score (nSPS) is 12.6. The lowest BCUT2D eigenvalue weighted by Gasteiger charge is -2.11. The highest BCUT2D eigenvalue weighted by Crippen LogP contribution is 2.18. The zero-order valence-electron chi connectivity index (χ0n) is 11.5. The Kier molecular flexibility index (Phi) is 4.27. The molecule has 2 N–H and O–H groups in total. The van der Waals surface area contributed by atoms with Crippen molar-refractivity contribution in [3.05, 3.63) is 41.6 Å². The highest BCUT2D eigenvalue weighted by atomic mass is 16.1. The summed E-state index contributed by atoms with van der Waals surface area (Å²) in [6, 6.07) is 9.67. The number of benzene rings is 1. The number of fused-ring (bicyclic) bond motifs is 1. The quantitative estimate of drug-likeness (QED) is 0.836. The predicted molar refractivity (Wildman–Crippen MR) is 78.3 cm³/mol. The Bertz CT molecular complexity index is 588. The van der Waals surface area contributed by atoms with Crippen molar-refractivity contribution in [2.75, 3.05) is 6.54 Å². The summed E-state index contributed by atoms with van der Waals surface area (Å²) in [7, 11) is 0. The second-order valence-corrected chi connectivity index (χ2v) is 5.00. The van der Waals surface area contributed by atoms with Crippen molar-refractivity contribution in [2.45, 2.75) is 26.7 Å². The molecule has 3 nitrogen and oxygen atoms in total. The maximum absolute atomic E-state index is 12.2. The van der Waals surface area contributed by atoms with Gasteiger partial charge in [0.2, 0.25) is 0 Å². The zero-order chi connectivity index (χ0) is 13.8. The Morgan fingerprint density at radius 3 is 2.79 bits per heavy atom. The van der Waals surface area contributed by atoms with Crippen LogP contribution in [0.25, 0.3) is 10.9 Å². The van der Waals surface area contributed by atoms with E-state index in [1.807, 2.05) is 37.3 Å². The van der Waals surface area contributed by atoms with Crippen molar-refractivity contribution in [1.29, 1.82) is 0 Å². The summed E-state index contributed by atoms with van der Waals surface area (Å²) in [5.41, 5.74) is 8.33. The van der Waals surface area contributed by atoms with Gasteiger partial charge in [-0.2, -0.15) is 0 Å². The number of nitrogens with zero attached hydrogens (tertiary/aromatic N) is 1. The fourth-order valence-electron chi connectivity index (χ4n) is 2.18. The van der Waals surface area contributed by atoms with Crippen LogP contribution in [0.4, 0.5) is 0 Å². The van der Waals surface area contributed by atoms with Gasteiger partial charge in [0.1, 0.15) is 0 Å². The monoisotopic (exact) mass is 256 g/mol. The maximum Gasteiger partial charge on any atom is 0.163 e. The van der Waals surface area contributed by atoms with Crippen LogP contribution in [-0.4, -0.2) is 17.3 Å². The highest BCUT2D eigenvalue weighted by molar-refractivity contribution is 5.99. The molecule has 100 valence electrons. The van der Waals surface area contributed by atoms with Gasteiger partial charge in [-0.3, -0.25) is 9.78 Å². The molecule has 19 heavy (non-hydrogen) atoms. The van der Waals surface area contributed by atoms with Gasteiger partial charge in [0.25, 0.3) is 0 Å². The lowest BCUT2D eigenvalue weighted by Crippen LogP contribution is -2.17. The number of aromatic nitrogens is 1. The summed E-state index contributed by atoms with van der Waals surface area (Å²) in [5, 5.41) is 1.01. The molecule has 2 rings (SSSR count). The number of pyridine rings is 1. The van der Waals surface area contributed by atoms with Crippen LogP contribution in [0.3, 0.4) is 0 Å². The SMILES string of the molecule is CCC(CN)CC(=O)c1ccc2nc(C)ccc2c1. The van der Waals surface area contributed by atoms with Crippen LogP contribution < -0.4 is 5.73 Å². The first-order valence-electron chi connectivity index (χ1n) is 6.74. The Morgan fingerprint density at radius 2 is 2.11 bits per heavy atom. The average Bonchev–Trinajstić information content (AvgIpc) is 2.43. The Morgan fingerprint density at radius 1 is 1.32 bits per heavy atom. The molecule has 3 heteroatoms. The molecule has 0 aliphatic carbocycles. The number of aryl methyl sites for hydroxylation is 1. The predicted octanol–water partition coefficient (Wildman–Crippen LogP) is 3.10. The maximum atomic E-state index is 12.2. The molecule has 0 saturated carbocycles. The minimum absolute atomic E-state index is 0.166. The third kappa shape index (κ3) is 3.18. The number of ketones is 1. The van der Waals surface area contributed by atoms with Gasteiger partial charge >= 0.3 is 0 Å². The number of Topliss-reactive ketones (excluding diaryl/α,β-unsaturated/α-hetero) is 1. The third-order valence-electron chi connectivity index (χ3n) is 3.54. The molecule has 0 bridgehead atoms. The first-order chi connectivity index (χ1) is 9.13. The number of carbonyl (C=O) groups is 1. The number of nitrogens with two attached hydrogens (primary N) is 1. The fraction of sp³-hybridized carbons (Fsp3) is 0.375. The standard InChI is InChI=1S/C16H20N2O/c1-3-12(10-17)8-16(19)14-6-7-15-13(9-14)5-4-11(2)18-15/h4-7,9,12H,3,8,10,17H2,1-2H3. The number of rotatable bonds is 5. The lowest BCUT2D eigenvalue weighted by atomic mass is 9.95. The van der Waals surface area contributed by atoms with Crippen molar-refractivity contribution < 1.29 is 4.79 Å². The van der Waals surface area contributed by atoms with Crippen molar-refractivity contribution in [3.63, 3.8) is 0 Å². The molecule has 1 unspecified atom stereocenters. The van der Waals surface area contributed by atoms with Gasteiger partial charge in [0.15, 0.2) is 5.78 Å². The molecule has 0 aliphatic heterocycles. The van der Waals surface area contributed by atoms with E-state index in [0.29, 0.717) is 13.0 Å². The first-order valence-corrected chi connectivity index (χ1v) is 6.74. The van der Waals surface area contributed by atoms with Crippen LogP contribution in [-0.2, 0) is 0 Å². The third-order valence-corrected chi connectivity index (χ3v) is 3.54. The van der Waals surface area contributed by atoms with Crippen LogP contribution in [0.5, 0.6) is 0 Å². The van der Waals surface area contributed by atoms with E-state index in [1.54, 1.807) is 0 Å². The van der Waals surface area contributed by atoms with E-state index in [4.69, 9.17) is 5.73 Å². The van der Waals surface area contributed by atoms with Crippen LogP contribution in [0, 0.1) is 12.8 Å². The zero-order valence-corrected chi connectivity index (χ0v) is 11.5. The van der Waals surface area contributed by atoms with E-state index in [0.717, 1.165) is 28.6 Å². The topological polar surface area (TPSA) is 56.0 Å². The van der Waals surface area contributed by atoms with Gasteiger partial charge in [0, 0.05) is 23.1 Å². The number of hydrogen-bond acceptors (Lipinski definition) is 3. The molecular weight excluding hydrogens is 236 g/mol. The Balaban J connectivity index is 2.25. The Labute approximate surface area is 113 Å². The molecule has 0 radical (unpaired) electrons. The molecule has 1 atom stereocenters. The van der Waals surface area contributed by atoms with Gasteiger partial charge in [-0.15, -0.1) is 0 Å². The van der Waals surface area contributed by atoms with Crippen molar-refractivity contribution in [2.24, 2.45) is 11.7 Å². The van der Waals surface area contributed by atoms with Crippen LogP contribution in [0.15, 0.2) is 30.3 Å². The second kappa shape index (κ2) is 5.93. The average molecular weight is 256 g/mol. The van der Waals surface area contributed by atoms with Gasteiger partial charge in [-0.25, -0.2) is 0 Å². The van der Waals surface area contributed by atoms with E-state index in [1.165, 1.54) is 0 Å². The summed E-state index contributed by atoms with van der Waals surface area (Å²) in [4.78, 5) is 16.6. The van der Waals surface area contributed by atoms with E-state index in [2.05, 4.69) is 11.9 Å². The summed E-state index contributed by atoms with van der Waals surface area (Å²) in [6.07, 6.45) is 1.47. The number of hydrogen-bond donors (Lipinski definition) is 1. The van der Waals surface area contributed by atoms with Crippen molar-refractivity contribution in [1.82, 2.24) is 4.98 Å². The minimum Gasteiger partial charge on any atom is -0.330 e.